The Balaban J connectivity index is 2.44. The van der Waals surface area contributed by atoms with E-state index < -0.39 is 5.91 Å². The van der Waals surface area contributed by atoms with Crippen LogP contribution in [0.4, 0.5) is 4.79 Å². The fourth-order valence-electron chi connectivity index (χ4n) is 1.16. The molecule has 6 nitrogen and oxygen atoms in total. The van der Waals surface area contributed by atoms with Gasteiger partial charge in [-0.1, -0.05) is 23.2 Å². The van der Waals surface area contributed by atoms with E-state index in [-0.39, 0.29) is 28.4 Å². The Morgan fingerprint density at radius 1 is 1.21 bits per heavy atom. The molecule has 104 valence electrons. The van der Waals surface area contributed by atoms with Crippen LogP contribution >= 0.6 is 23.2 Å². The van der Waals surface area contributed by atoms with Crippen LogP contribution < -0.4 is 10.6 Å². The first kappa shape index (κ1) is 15.5. The number of hydrogen-bond donors (Lipinski definition) is 2. The number of amides is 3. The molecule has 1 aromatic heterocycles. The summed E-state index contributed by atoms with van der Waals surface area (Å²) < 4.78 is 0. The molecule has 0 aliphatic carbocycles. The third kappa shape index (κ3) is 4.92. The molecule has 0 aliphatic heterocycles. The molecule has 1 rings (SSSR count). The topological polar surface area (TPSA) is 74.3 Å². The quantitative estimate of drug-likeness (QED) is 0.652. The first-order chi connectivity index (χ1) is 8.91. The van der Waals surface area contributed by atoms with Gasteiger partial charge in [-0.05, 0) is 12.1 Å². The van der Waals surface area contributed by atoms with Gasteiger partial charge < -0.3 is 15.5 Å². The molecular weight excluding hydrogens is 291 g/mol. The molecule has 3 amide bonds. The van der Waals surface area contributed by atoms with Crippen molar-refractivity contribution in [3.05, 3.63) is 28.0 Å². The average Bonchev–Trinajstić information content (AvgIpc) is 2.36. The van der Waals surface area contributed by atoms with Crippen LogP contribution in [-0.4, -0.2) is 49.0 Å². The Morgan fingerprint density at radius 2 is 1.84 bits per heavy atom. The molecule has 0 spiro atoms. The predicted molar refractivity (Wildman–Crippen MR) is 73.7 cm³/mol. The Morgan fingerprint density at radius 3 is 2.47 bits per heavy atom. The Hall–Kier alpha value is -1.53. The minimum atomic E-state index is -0.438. The SMILES string of the molecule is CN(C)C(=O)NCCNC(=O)c1nc(Cl)ccc1Cl. The van der Waals surface area contributed by atoms with Gasteiger partial charge in [-0.15, -0.1) is 0 Å². The summed E-state index contributed by atoms with van der Waals surface area (Å²) in [4.78, 5) is 28.2. The maximum absolute atomic E-state index is 11.8. The van der Waals surface area contributed by atoms with Crippen LogP contribution in [-0.2, 0) is 0 Å². The minimum absolute atomic E-state index is 0.0631. The normalized spacial score (nSPS) is 9.89. The van der Waals surface area contributed by atoms with E-state index in [4.69, 9.17) is 23.2 Å². The summed E-state index contributed by atoms with van der Waals surface area (Å²) >= 11 is 11.5. The van der Waals surface area contributed by atoms with Gasteiger partial charge in [0.1, 0.15) is 10.8 Å². The first-order valence-electron chi connectivity index (χ1n) is 5.47. The fourth-order valence-corrected chi connectivity index (χ4v) is 1.50. The zero-order chi connectivity index (χ0) is 14.4. The fraction of sp³-hybridized carbons (Fsp3) is 0.364. The number of carbonyl (C=O) groups excluding carboxylic acids is 2. The monoisotopic (exact) mass is 304 g/mol. The van der Waals surface area contributed by atoms with Crippen molar-refractivity contribution in [2.45, 2.75) is 0 Å². The van der Waals surface area contributed by atoms with Crippen LogP contribution in [0.1, 0.15) is 10.5 Å². The number of carbonyl (C=O) groups is 2. The molecule has 1 heterocycles. The average molecular weight is 305 g/mol. The van der Waals surface area contributed by atoms with Crippen molar-refractivity contribution in [2.24, 2.45) is 0 Å². The number of nitrogens with zero attached hydrogens (tertiary/aromatic N) is 2. The lowest BCUT2D eigenvalue weighted by molar-refractivity contribution is 0.0949. The molecule has 0 fully saturated rings. The highest BCUT2D eigenvalue weighted by molar-refractivity contribution is 6.34. The molecular formula is C11H14Cl2N4O2. The van der Waals surface area contributed by atoms with E-state index in [9.17, 15) is 9.59 Å². The van der Waals surface area contributed by atoms with Gasteiger partial charge in [0.05, 0.1) is 5.02 Å². The van der Waals surface area contributed by atoms with Gasteiger partial charge in [-0.3, -0.25) is 4.79 Å². The summed E-state index contributed by atoms with van der Waals surface area (Å²) in [7, 11) is 3.26. The van der Waals surface area contributed by atoms with E-state index in [1.165, 1.54) is 17.0 Å². The van der Waals surface area contributed by atoms with Gasteiger partial charge in [-0.2, -0.15) is 0 Å². The van der Waals surface area contributed by atoms with Crippen LogP contribution in [0.5, 0.6) is 0 Å². The van der Waals surface area contributed by atoms with E-state index in [1.54, 1.807) is 14.1 Å². The van der Waals surface area contributed by atoms with Gasteiger partial charge in [0.2, 0.25) is 0 Å². The largest absolute Gasteiger partial charge is 0.349 e. The molecule has 0 radical (unpaired) electrons. The number of halogens is 2. The number of nitrogens with one attached hydrogen (secondary N) is 2. The number of pyridine rings is 1. The summed E-state index contributed by atoms with van der Waals surface area (Å²) in [5.41, 5.74) is 0.0631. The highest BCUT2D eigenvalue weighted by Gasteiger charge is 2.12. The Labute approximate surface area is 121 Å². The lowest BCUT2D eigenvalue weighted by Crippen LogP contribution is -2.39. The molecule has 2 N–H and O–H groups in total. The third-order valence-corrected chi connectivity index (χ3v) is 2.64. The van der Waals surface area contributed by atoms with Gasteiger partial charge in [0.25, 0.3) is 5.91 Å². The summed E-state index contributed by atoms with van der Waals surface area (Å²) in [6.45, 7) is 0.573. The second-order valence-corrected chi connectivity index (χ2v) is 4.64. The molecule has 0 aliphatic rings. The number of aromatic nitrogens is 1. The maximum atomic E-state index is 11.8. The van der Waals surface area contributed by atoms with Crippen LogP contribution in [0.2, 0.25) is 10.2 Å². The van der Waals surface area contributed by atoms with E-state index >= 15 is 0 Å². The molecule has 0 aromatic carbocycles. The molecule has 0 unspecified atom stereocenters. The summed E-state index contributed by atoms with van der Waals surface area (Å²) in [5.74, 6) is -0.438. The van der Waals surface area contributed by atoms with E-state index in [0.29, 0.717) is 6.54 Å². The maximum Gasteiger partial charge on any atom is 0.316 e. The predicted octanol–water partition coefficient (Wildman–Crippen LogP) is 1.39. The summed E-state index contributed by atoms with van der Waals surface area (Å²) in [6, 6.07) is 2.77. The van der Waals surface area contributed by atoms with Crippen LogP contribution in [0.25, 0.3) is 0 Å². The highest BCUT2D eigenvalue weighted by atomic mass is 35.5. The summed E-state index contributed by atoms with van der Waals surface area (Å²) in [6.07, 6.45) is 0. The van der Waals surface area contributed by atoms with Crippen LogP contribution in [0.3, 0.4) is 0 Å². The lowest BCUT2D eigenvalue weighted by Gasteiger charge is -2.12. The molecule has 8 heteroatoms. The highest BCUT2D eigenvalue weighted by Crippen LogP contribution is 2.16. The molecule has 1 aromatic rings. The standard InChI is InChI=1S/C11H14Cl2N4O2/c1-17(2)11(19)15-6-5-14-10(18)9-7(12)3-4-8(13)16-9/h3-4H,5-6H2,1-2H3,(H,14,18)(H,15,19). The van der Waals surface area contributed by atoms with Gasteiger partial charge in [-0.25, -0.2) is 9.78 Å². The number of hydrogen-bond acceptors (Lipinski definition) is 3. The van der Waals surface area contributed by atoms with Crippen molar-refractivity contribution < 1.29 is 9.59 Å². The molecule has 0 saturated heterocycles. The van der Waals surface area contributed by atoms with Crippen molar-refractivity contribution in [2.75, 3.05) is 27.2 Å². The molecule has 0 saturated carbocycles. The molecule has 0 bridgehead atoms. The van der Waals surface area contributed by atoms with Crippen molar-refractivity contribution >= 4 is 35.1 Å². The zero-order valence-corrected chi connectivity index (χ0v) is 12.0. The van der Waals surface area contributed by atoms with Gasteiger partial charge >= 0.3 is 6.03 Å². The second kappa shape index (κ2) is 7.16. The van der Waals surface area contributed by atoms with Crippen molar-refractivity contribution in [1.82, 2.24) is 20.5 Å². The Bertz CT molecular complexity index is 480. The van der Waals surface area contributed by atoms with Crippen LogP contribution in [0.15, 0.2) is 12.1 Å². The Kier molecular flexibility index (Phi) is 5.85. The van der Waals surface area contributed by atoms with E-state index in [2.05, 4.69) is 15.6 Å². The smallest absolute Gasteiger partial charge is 0.316 e. The van der Waals surface area contributed by atoms with Crippen molar-refractivity contribution in [3.63, 3.8) is 0 Å². The van der Waals surface area contributed by atoms with Crippen LogP contribution in [0, 0.1) is 0 Å². The van der Waals surface area contributed by atoms with E-state index in [1.807, 2.05) is 0 Å². The minimum Gasteiger partial charge on any atom is -0.349 e. The number of rotatable bonds is 4. The van der Waals surface area contributed by atoms with Gasteiger partial charge in [0.15, 0.2) is 0 Å². The van der Waals surface area contributed by atoms with E-state index in [0.717, 1.165) is 0 Å². The van der Waals surface area contributed by atoms with Crippen molar-refractivity contribution in [1.29, 1.82) is 0 Å². The number of urea groups is 1. The zero-order valence-electron chi connectivity index (χ0n) is 10.5. The third-order valence-electron chi connectivity index (χ3n) is 2.12. The second-order valence-electron chi connectivity index (χ2n) is 3.85. The van der Waals surface area contributed by atoms with Gasteiger partial charge in [0, 0.05) is 27.2 Å². The molecule has 0 atom stereocenters. The van der Waals surface area contributed by atoms with Crippen molar-refractivity contribution in [3.8, 4) is 0 Å². The lowest BCUT2D eigenvalue weighted by atomic mass is 10.3. The molecule has 19 heavy (non-hydrogen) atoms. The summed E-state index contributed by atoms with van der Waals surface area (Å²) in [5, 5.41) is 5.60. The first-order valence-corrected chi connectivity index (χ1v) is 6.23.